The maximum absolute atomic E-state index is 10.8. The monoisotopic (exact) mass is 394 g/mol. The maximum Gasteiger partial charge on any atom is 0.404 e. The van der Waals surface area contributed by atoms with Crippen molar-refractivity contribution < 1.29 is 9.90 Å². The summed E-state index contributed by atoms with van der Waals surface area (Å²) in [7, 11) is 1.96. The lowest BCUT2D eigenvalue weighted by molar-refractivity contribution is 0.182. The van der Waals surface area contributed by atoms with Crippen LogP contribution in [0.2, 0.25) is 0 Å². The van der Waals surface area contributed by atoms with E-state index in [1.54, 1.807) is 5.56 Å². The van der Waals surface area contributed by atoms with E-state index in [2.05, 4.69) is 40.1 Å². The molecule has 3 aliphatic rings. The van der Waals surface area contributed by atoms with E-state index in [9.17, 15) is 4.79 Å². The predicted molar refractivity (Wildman–Crippen MR) is 112 cm³/mol. The molecule has 2 unspecified atom stereocenters. The van der Waals surface area contributed by atoms with E-state index in [1.807, 2.05) is 17.9 Å². The molecule has 154 valence electrons. The summed E-state index contributed by atoms with van der Waals surface area (Å²) in [6.07, 6.45) is 11.0. The number of hydrogen-bond acceptors (Lipinski definition) is 3. The Balaban J connectivity index is 1.20. The second kappa shape index (κ2) is 7.17. The normalized spacial score (nSPS) is 30.3. The van der Waals surface area contributed by atoms with Gasteiger partial charge in [0.25, 0.3) is 0 Å². The zero-order chi connectivity index (χ0) is 20.0. The van der Waals surface area contributed by atoms with Gasteiger partial charge in [-0.05, 0) is 74.1 Å². The van der Waals surface area contributed by atoms with Gasteiger partial charge in [0, 0.05) is 36.3 Å². The average molecular weight is 395 g/mol. The molecule has 2 atom stereocenters. The van der Waals surface area contributed by atoms with E-state index < -0.39 is 6.09 Å². The van der Waals surface area contributed by atoms with Gasteiger partial charge in [0.1, 0.15) is 0 Å². The number of aryl methyl sites for hydroxylation is 2. The smallest absolute Gasteiger partial charge is 0.404 e. The zero-order valence-corrected chi connectivity index (χ0v) is 17.0. The molecule has 5 rings (SSSR count). The fraction of sp³-hybridized carbons (Fsp3) is 0.565. The summed E-state index contributed by atoms with van der Waals surface area (Å²) in [4.78, 5) is 10.8. The van der Waals surface area contributed by atoms with E-state index in [0.717, 1.165) is 32.2 Å². The van der Waals surface area contributed by atoms with Crippen LogP contribution in [0.15, 0.2) is 30.6 Å². The Kier molecular flexibility index (Phi) is 4.62. The molecule has 6 nitrogen and oxygen atoms in total. The van der Waals surface area contributed by atoms with Crippen molar-refractivity contribution in [2.75, 3.05) is 6.54 Å². The van der Waals surface area contributed by atoms with E-state index in [1.165, 1.54) is 36.0 Å². The number of amides is 1. The van der Waals surface area contributed by atoms with Gasteiger partial charge in [0.2, 0.25) is 0 Å². The van der Waals surface area contributed by atoms with Crippen LogP contribution < -0.4 is 10.6 Å². The van der Waals surface area contributed by atoms with Gasteiger partial charge in [0.15, 0.2) is 0 Å². The first-order valence-corrected chi connectivity index (χ1v) is 10.9. The second-order valence-corrected chi connectivity index (χ2v) is 9.26. The maximum atomic E-state index is 10.8. The molecule has 1 aromatic heterocycles. The van der Waals surface area contributed by atoms with Gasteiger partial charge in [0.05, 0.1) is 6.20 Å². The second-order valence-electron chi connectivity index (χ2n) is 9.26. The van der Waals surface area contributed by atoms with Gasteiger partial charge >= 0.3 is 6.09 Å². The molecule has 2 aromatic rings. The Morgan fingerprint density at radius 1 is 1.28 bits per heavy atom. The third-order valence-corrected chi connectivity index (χ3v) is 7.43. The van der Waals surface area contributed by atoms with Gasteiger partial charge in [-0.15, -0.1) is 0 Å². The van der Waals surface area contributed by atoms with E-state index in [4.69, 9.17) is 5.11 Å². The van der Waals surface area contributed by atoms with Crippen LogP contribution in [-0.2, 0) is 18.9 Å². The molecule has 1 amide bonds. The molecule has 0 aliphatic heterocycles. The SMILES string of the molecule is Cn1cc(-c2ccc3c(c2)C2(CC3)CC2NCC2CCC(NC(=O)O)CC2)cn1. The van der Waals surface area contributed by atoms with Crippen LogP contribution in [0.1, 0.15) is 49.7 Å². The first kappa shape index (κ1) is 18.7. The number of nitrogens with one attached hydrogen (secondary N) is 2. The molecule has 6 heteroatoms. The molecule has 2 fully saturated rings. The predicted octanol–water partition coefficient (Wildman–Crippen LogP) is 3.46. The molecule has 0 radical (unpaired) electrons. The first-order valence-electron chi connectivity index (χ1n) is 10.9. The Bertz CT molecular complexity index is 915. The van der Waals surface area contributed by atoms with Crippen molar-refractivity contribution in [3.63, 3.8) is 0 Å². The van der Waals surface area contributed by atoms with Gasteiger partial charge < -0.3 is 15.7 Å². The molecule has 1 spiro atoms. The van der Waals surface area contributed by atoms with Crippen molar-refractivity contribution in [3.05, 3.63) is 41.7 Å². The van der Waals surface area contributed by atoms with Crippen molar-refractivity contribution in [3.8, 4) is 11.1 Å². The lowest BCUT2D eigenvalue weighted by atomic mass is 9.86. The highest BCUT2D eigenvalue weighted by Gasteiger charge is 2.57. The molecule has 0 saturated heterocycles. The Hall–Kier alpha value is -2.34. The Morgan fingerprint density at radius 3 is 2.83 bits per heavy atom. The van der Waals surface area contributed by atoms with Crippen LogP contribution in [0.5, 0.6) is 0 Å². The summed E-state index contributed by atoms with van der Waals surface area (Å²) in [5.74, 6) is 0.669. The summed E-state index contributed by atoms with van der Waals surface area (Å²) in [5.41, 5.74) is 5.85. The average Bonchev–Trinajstić information content (AvgIpc) is 3.03. The summed E-state index contributed by atoms with van der Waals surface area (Å²) in [6.45, 7) is 1.06. The zero-order valence-electron chi connectivity index (χ0n) is 17.0. The van der Waals surface area contributed by atoms with Crippen molar-refractivity contribution in [1.82, 2.24) is 20.4 Å². The molecule has 1 aromatic carbocycles. The third kappa shape index (κ3) is 3.54. The topological polar surface area (TPSA) is 79.2 Å². The summed E-state index contributed by atoms with van der Waals surface area (Å²) < 4.78 is 1.86. The van der Waals surface area contributed by atoms with Crippen LogP contribution >= 0.6 is 0 Å². The summed E-state index contributed by atoms with van der Waals surface area (Å²) in [5, 5.41) is 19.7. The molecular formula is C23H30N4O2. The minimum absolute atomic E-state index is 0.142. The summed E-state index contributed by atoms with van der Waals surface area (Å²) in [6, 6.07) is 7.69. The lowest BCUT2D eigenvalue weighted by Crippen LogP contribution is -2.39. The highest BCUT2D eigenvalue weighted by molar-refractivity contribution is 5.66. The van der Waals surface area contributed by atoms with E-state index in [-0.39, 0.29) is 6.04 Å². The number of hydrogen-bond donors (Lipinski definition) is 3. The number of nitrogens with zero attached hydrogens (tertiary/aromatic N) is 2. The van der Waals surface area contributed by atoms with Crippen molar-refractivity contribution in [1.29, 1.82) is 0 Å². The highest BCUT2D eigenvalue weighted by Crippen LogP contribution is 2.57. The number of carbonyl (C=O) groups is 1. The minimum Gasteiger partial charge on any atom is -0.465 e. The number of rotatable bonds is 5. The number of aromatic nitrogens is 2. The highest BCUT2D eigenvalue weighted by atomic mass is 16.4. The van der Waals surface area contributed by atoms with Crippen LogP contribution in [0.25, 0.3) is 11.1 Å². The van der Waals surface area contributed by atoms with E-state index >= 15 is 0 Å². The first-order chi connectivity index (χ1) is 14.0. The number of fused-ring (bicyclic) bond motifs is 2. The minimum atomic E-state index is -0.892. The number of carboxylic acid groups (broad SMARTS) is 1. The molecule has 0 bridgehead atoms. The molecule has 3 aliphatic carbocycles. The van der Waals surface area contributed by atoms with Crippen LogP contribution in [0, 0.1) is 5.92 Å². The largest absolute Gasteiger partial charge is 0.465 e. The van der Waals surface area contributed by atoms with Crippen molar-refractivity contribution in [2.45, 2.75) is 62.4 Å². The summed E-state index contributed by atoms with van der Waals surface area (Å²) >= 11 is 0. The Labute approximate surface area is 171 Å². The lowest BCUT2D eigenvalue weighted by Gasteiger charge is -2.28. The van der Waals surface area contributed by atoms with Crippen LogP contribution in [0.3, 0.4) is 0 Å². The van der Waals surface area contributed by atoms with Crippen LogP contribution in [-0.4, -0.2) is 39.6 Å². The third-order valence-electron chi connectivity index (χ3n) is 7.43. The fourth-order valence-electron chi connectivity index (χ4n) is 5.64. The molecule has 2 saturated carbocycles. The quantitative estimate of drug-likeness (QED) is 0.726. The van der Waals surface area contributed by atoms with E-state index in [0.29, 0.717) is 17.4 Å². The Morgan fingerprint density at radius 2 is 2.10 bits per heavy atom. The number of benzene rings is 1. The van der Waals surface area contributed by atoms with Crippen LogP contribution in [0.4, 0.5) is 4.79 Å². The van der Waals surface area contributed by atoms with Crippen molar-refractivity contribution >= 4 is 6.09 Å². The van der Waals surface area contributed by atoms with Gasteiger partial charge in [-0.1, -0.05) is 18.2 Å². The van der Waals surface area contributed by atoms with Gasteiger partial charge in [-0.3, -0.25) is 4.68 Å². The molecule has 29 heavy (non-hydrogen) atoms. The molecular weight excluding hydrogens is 364 g/mol. The van der Waals surface area contributed by atoms with Crippen molar-refractivity contribution in [2.24, 2.45) is 13.0 Å². The molecule has 1 heterocycles. The fourth-order valence-corrected chi connectivity index (χ4v) is 5.64. The standard InChI is InChI=1S/C23H30N4O2/c1-27-14-18(13-25-27)17-5-4-16-8-9-23(20(16)10-17)11-21(23)24-12-15-2-6-19(7-3-15)26-22(28)29/h4-5,10,13-15,19,21,24,26H,2-3,6-9,11-12H2,1H3,(H,28,29). The van der Waals surface area contributed by atoms with Gasteiger partial charge in [-0.25, -0.2) is 4.79 Å². The van der Waals surface area contributed by atoms with Gasteiger partial charge in [-0.2, -0.15) is 5.10 Å². The molecule has 3 N–H and O–H groups in total.